The molecule has 0 fully saturated rings. The van der Waals surface area contributed by atoms with Crippen LogP contribution in [0.3, 0.4) is 0 Å². The summed E-state index contributed by atoms with van der Waals surface area (Å²) in [5.41, 5.74) is 1.19. The third-order valence-corrected chi connectivity index (χ3v) is 4.57. The number of amides is 1. The molecule has 1 N–H and O–H groups in total. The second-order valence-corrected chi connectivity index (χ2v) is 6.52. The number of benzene rings is 2. The predicted molar refractivity (Wildman–Crippen MR) is 81.6 cm³/mol. The summed E-state index contributed by atoms with van der Waals surface area (Å²) in [6, 6.07) is 10.3. The second kappa shape index (κ2) is 5.95. The lowest BCUT2D eigenvalue weighted by atomic mass is 10.1. The highest BCUT2D eigenvalue weighted by molar-refractivity contribution is 9.10. The van der Waals surface area contributed by atoms with Crippen LogP contribution in [0.1, 0.15) is 15.9 Å². The fraction of sp³-hybridized carbons (Fsp3) is 0.0714. The third kappa shape index (κ3) is 3.68. The number of nitrogens with one attached hydrogen (secondary N) is 1. The first-order chi connectivity index (χ1) is 9.79. The monoisotopic (exact) mass is 371 g/mol. The van der Waals surface area contributed by atoms with Gasteiger partial charge in [0.2, 0.25) is 0 Å². The van der Waals surface area contributed by atoms with Crippen LogP contribution >= 0.6 is 15.9 Å². The first kappa shape index (κ1) is 15.7. The van der Waals surface area contributed by atoms with Crippen molar-refractivity contribution in [3.63, 3.8) is 0 Å². The van der Waals surface area contributed by atoms with Crippen LogP contribution in [-0.4, -0.2) is 14.3 Å². The van der Waals surface area contributed by atoms with Crippen LogP contribution in [0.25, 0.3) is 0 Å². The van der Waals surface area contributed by atoms with Crippen LogP contribution in [-0.2, 0) is 10.2 Å². The molecule has 0 aliphatic carbocycles. The van der Waals surface area contributed by atoms with Crippen LogP contribution in [0.2, 0.25) is 0 Å². The quantitative estimate of drug-likeness (QED) is 0.837. The van der Waals surface area contributed by atoms with Gasteiger partial charge in [0.15, 0.2) is 0 Å². The van der Waals surface area contributed by atoms with Crippen molar-refractivity contribution in [1.29, 1.82) is 0 Å². The molecule has 0 aliphatic heterocycles. The van der Waals surface area contributed by atoms with E-state index in [0.717, 1.165) is 16.1 Å². The third-order valence-electron chi connectivity index (χ3n) is 2.83. The minimum Gasteiger partial charge on any atom is -0.321 e. The van der Waals surface area contributed by atoms with E-state index in [4.69, 9.17) is 0 Å². The average molecular weight is 372 g/mol. The molecule has 2 aromatic rings. The smallest absolute Gasteiger partial charge is 0.321 e. The van der Waals surface area contributed by atoms with E-state index >= 15 is 0 Å². The van der Waals surface area contributed by atoms with Gasteiger partial charge in [-0.3, -0.25) is 4.79 Å². The Bertz CT molecular complexity index is 806. The number of para-hydroxylation sites is 1. The Labute approximate surface area is 130 Å². The summed E-state index contributed by atoms with van der Waals surface area (Å²) in [6.45, 7) is 1.87. The minimum atomic E-state index is -4.90. The molecule has 21 heavy (non-hydrogen) atoms. The van der Waals surface area contributed by atoms with Gasteiger partial charge in [0.05, 0.1) is 5.69 Å². The lowest BCUT2D eigenvalue weighted by Crippen LogP contribution is -2.14. The largest absolute Gasteiger partial charge is 0.334 e. The van der Waals surface area contributed by atoms with E-state index in [1.165, 1.54) is 18.2 Å². The molecule has 4 nitrogen and oxygen atoms in total. The molecule has 0 saturated carbocycles. The van der Waals surface area contributed by atoms with Crippen LogP contribution in [0, 0.1) is 6.92 Å². The van der Waals surface area contributed by atoms with E-state index in [9.17, 15) is 17.1 Å². The van der Waals surface area contributed by atoms with Gasteiger partial charge in [-0.2, -0.15) is 8.42 Å². The molecule has 0 radical (unpaired) electrons. The highest BCUT2D eigenvalue weighted by atomic mass is 79.9. The van der Waals surface area contributed by atoms with Gasteiger partial charge in [-0.15, -0.1) is 3.89 Å². The highest BCUT2D eigenvalue weighted by Crippen LogP contribution is 2.24. The number of aryl methyl sites for hydroxylation is 1. The summed E-state index contributed by atoms with van der Waals surface area (Å²) in [5.74, 6) is -0.521. The van der Waals surface area contributed by atoms with Gasteiger partial charge in [-0.05, 0) is 36.8 Å². The zero-order valence-electron chi connectivity index (χ0n) is 10.9. The number of anilines is 1. The van der Waals surface area contributed by atoms with Crippen molar-refractivity contribution in [2.75, 3.05) is 5.32 Å². The summed E-state index contributed by atoms with van der Waals surface area (Å²) in [7, 11) is -4.90. The number of carbonyl (C=O) groups is 1. The summed E-state index contributed by atoms with van der Waals surface area (Å²) in [4.78, 5) is 11.5. The van der Waals surface area contributed by atoms with Crippen LogP contribution in [0.5, 0.6) is 0 Å². The number of hydrogen-bond donors (Lipinski definition) is 1. The number of carbonyl (C=O) groups excluding carboxylic acids is 1. The second-order valence-electron chi connectivity index (χ2n) is 4.35. The van der Waals surface area contributed by atoms with Crippen LogP contribution in [0.4, 0.5) is 9.57 Å². The predicted octanol–water partition coefficient (Wildman–Crippen LogP) is 3.67. The number of halogens is 2. The van der Waals surface area contributed by atoms with Gasteiger partial charge < -0.3 is 5.32 Å². The molecule has 0 aromatic heterocycles. The molecule has 2 aromatic carbocycles. The fourth-order valence-corrected chi connectivity index (χ4v) is 2.71. The van der Waals surface area contributed by atoms with Gasteiger partial charge >= 0.3 is 10.2 Å². The molecule has 7 heteroatoms. The molecule has 1 amide bonds. The summed E-state index contributed by atoms with van der Waals surface area (Å²) in [6.07, 6.45) is 0. The standard InChI is InChI=1S/C14H11BrFNO3S/c1-9-6-7-10(8-11(9)15)14(18)17-12-4-2-3-5-13(12)21(16,19)20/h2-8H,1H3,(H,17,18). The molecule has 0 saturated heterocycles. The molecule has 2 rings (SSSR count). The summed E-state index contributed by atoms with van der Waals surface area (Å²) in [5, 5.41) is 2.40. The van der Waals surface area contributed by atoms with Crippen molar-refractivity contribution < 1.29 is 17.1 Å². The highest BCUT2D eigenvalue weighted by Gasteiger charge is 2.18. The van der Waals surface area contributed by atoms with E-state index in [-0.39, 0.29) is 5.69 Å². The molecular weight excluding hydrogens is 361 g/mol. The van der Waals surface area contributed by atoms with Crippen molar-refractivity contribution in [2.45, 2.75) is 11.8 Å². The first-order valence-electron chi connectivity index (χ1n) is 5.90. The molecule has 0 aliphatic rings. The Balaban J connectivity index is 2.34. The zero-order chi connectivity index (χ0) is 15.6. The minimum absolute atomic E-state index is 0.0957. The van der Waals surface area contributed by atoms with Crippen LogP contribution in [0.15, 0.2) is 51.8 Å². The lowest BCUT2D eigenvalue weighted by molar-refractivity contribution is 0.102. The van der Waals surface area contributed by atoms with Gasteiger partial charge in [0.25, 0.3) is 5.91 Å². The summed E-state index contributed by atoms with van der Waals surface area (Å²) >= 11 is 3.31. The van der Waals surface area contributed by atoms with Crippen molar-refractivity contribution >= 4 is 37.7 Å². The van der Waals surface area contributed by atoms with Crippen molar-refractivity contribution in [3.8, 4) is 0 Å². The van der Waals surface area contributed by atoms with E-state index < -0.39 is 21.0 Å². The molecule has 0 spiro atoms. The fourth-order valence-electron chi connectivity index (χ4n) is 1.71. The van der Waals surface area contributed by atoms with E-state index in [1.54, 1.807) is 18.2 Å². The molecule has 0 bridgehead atoms. The molecule has 0 atom stereocenters. The zero-order valence-corrected chi connectivity index (χ0v) is 13.3. The summed E-state index contributed by atoms with van der Waals surface area (Å²) < 4.78 is 36.0. The van der Waals surface area contributed by atoms with Gasteiger partial charge in [-0.1, -0.05) is 34.1 Å². The Morgan fingerprint density at radius 3 is 2.48 bits per heavy atom. The van der Waals surface area contributed by atoms with Gasteiger partial charge in [0, 0.05) is 10.0 Å². The first-order valence-corrected chi connectivity index (χ1v) is 8.08. The van der Waals surface area contributed by atoms with Crippen molar-refractivity contribution in [3.05, 3.63) is 58.1 Å². The van der Waals surface area contributed by atoms with Crippen molar-refractivity contribution in [2.24, 2.45) is 0 Å². The molecule has 0 unspecified atom stereocenters. The number of rotatable bonds is 3. The lowest BCUT2D eigenvalue weighted by Gasteiger charge is -2.09. The average Bonchev–Trinajstić information content (AvgIpc) is 2.41. The van der Waals surface area contributed by atoms with E-state index in [0.29, 0.717) is 5.56 Å². The maximum atomic E-state index is 13.2. The molecule has 110 valence electrons. The van der Waals surface area contributed by atoms with E-state index in [2.05, 4.69) is 21.2 Å². The maximum Gasteiger partial charge on any atom is 0.334 e. The van der Waals surface area contributed by atoms with Gasteiger partial charge in [0.1, 0.15) is 4.90 Å². The van der Waals surface area contributed by atoms with E-state index in [1.807, 2.05) is 6.92 Å². The Morgan fingerprint density at radius 1 is 1.19 bits per heavy atom. The Kier molecular flexibility index (Phi) is 4.43. The maximum absolute atomic E-state index is 13.2. The molecule has 0 heterocycles. The number of hydrogen-bond acceptors (Lipinski definition) is 3. The van der Waals surface area contributed by atoms with Crippen molar-refractivity contribution in [1.82, 2.24) is 0 Å². The topological polar surface area (TPSA) is 63.2 Å². The Morgan fingerprint density at radius 2 is 1.86 bits per heavy atom. The molecular formula is C14H11BrFNO3S. The normalized spacial score (nSPS) is 11.2. The SMILES string of the molecule is Cc1ccc(C(=O)Nc2ccccc2S(=O)(=O)F)cc1Br. The van der Waals surface area contributed by atoms with Gasteiger partial charge in [-0.25, -0.2) is 0 Å². The van der Waals surface area contributed by atoms with Crippen LogP contribution < -0.4 is 5.32 Å². The Hall–Kier alpha value is -1.73.